The lowest BCUT2D eigenvalue weighted by Crippen LogP contribution is -2.75. The van der Waals surface area contributed by atoms with E-state index in [-0.39, 0.29) is 54.2 Å². The van der Waals surface area contributed by atoms with Crippen LogP contribution in [0.25, 0.3) is 0 Å². The number of carbonyl (C=O) groups is 3. The van der Waals surface area contributed by atoms with Crippen molar-refractivity contribution >= 4 is 17.9 Å². The summed E-state index contributed by atoms with van der Waals surface area (Å²) in [6.45, 7) is 8.98. The van der Waals surface area contributed by atoms with Crippen molar-refractivity contribution in [3.8, 4) is 0 Å². The van der Waals surface area contributed by atoms with Gasteiger partial charge in [-0.1, -0.05) is 0 Å². The molecule has 0 aromatic rings. The van der Waals surface area contributed by atoms with E-state index in [1.807, 2.05) is 20.8 Å². The fraction of sp³-hybridized carbons (Fsp3) is 0.875. The second-order valence-electron chi connectivity index (χ2n) is 9.59. The first-order valence-corrected chi connectivity index (χ1v) is 12.8. The van der Waals surface area contributed by atoms with Gasteiger partial charge in [0, 0.05) is 19.6 Å². The minimum absolute atomic E-state index is 0.0533. The van der Waals surface area contributed by atoms with Gasteiger partial charge in [0.1, 0.15) is 0 Å². The minimum atomic E-state index is -0.139. The molecule has 9 nitrogen and oxygen atoms in total. The Bertz CT molecular complexity index is 733. The fourth-order valence-corrected chi connectivity index (χ4v) is 6.33. The van der Waals surface area contributed by atoms with Gasteiger partial charge in [0.2, 0.25) is 0 Å². The standard InChI is InChI=1S/C24H39N3O6/c1-4-31-22(28)16-9-11-25-19-8-7-18(24(30)33-6-3)15-27(19)21-14-17(23(29)32-5-2)10-12-26(21)20(25)13-16/h16-21H,4-15H2,1-3H3. The molecule has 6 unspecified atom stereocenters. The molecule has 4 rings (SSSR count). The number of nitrogens with zero attached hydrogens (tertiary/aromatic N) is 3. The number of piperidine rings is 3. The monoisotopic (exact) mass is 465 g/mol. The van der Waals surface area contributed by atoms with E-state index in [0.29, 0.717) is 32.8 Å². The Morgan fingerprint density at radius 3 is 1.58 bits per heavy atom. The third-order valence-corrected chi connectivity index (χ3v) is 7.82. The molecule has 0 saturated carbocycles. The van der Waals surface area contributed by atoms with Crippen LogP contribution in [0.15, 0.2) is 0 Å². The van der Waals surface area contributed by atoms with Crippen LogP contribution in [0, 0.1) is 17.8 Å². The Labute approximate surface area is 196 Å². The van der Waals surface area contributed by atoms with E-state index >= 15 is 0 Å². The van der Waals surface area contributed by atoms with Crippen molar-refractivity contribution in [2.24, 2.45) is 17.8 Å². The molecule has 0 aromatic carbocycles. The number of hydrogen-bond acceptors (Lipinski definition) is 9. The van der Waals surface area contributed by atoms with Gasteiger partial charge in [-0.25, -0.2) is 0 Å². The summed E-state index contributed by atoms with van der Waals surface area (Å²) < 4.78 is 16.0. The molecule has 0 bridgehead atoms. The summed E-state index contributed by atoms with van der Waals surface area (Å²) in [6, 6.07) is 0. The zero-order valence-electron chi connectivity index (χ0n) is 20.2. The molecular formula is C24H39N3O6. The van der Waals surface area contributed by atoms with Gasteiger partial charge < -0.3 is 14.2 Å². The quantitative estimate of drug-likeness (QED) is 0.430. The van der Waals surface area contributed by atoms with Gasteiger partial charge in [-0.3, -0.25) is 29.1 Å². The lowest BCUT2D eigenvalue weighted by atomic mass is 9.84. The lowest BCUT2D eigenvalue weighted by Gasteiger charge is -2.63. The highest BCUT2D eigenvalue weighted by Crippen LogP contribution is 2.43. The Morgan fingerprint density at radius 2 is 1.06 bits per heavy atom. The van der Waals surface area contributed by atoms with Gasteiger partial charge in [-0.15, -0.1) is 0 Å². The normalized spacial score (nSPS) is 35.0. The molecule has 0 amide bonds. The highest BCUT2D eigenvalue weighted by Gasteiger charge is 2.53. The maximum atomic E-state index is 12.6. The summed E-state index contributed by atoms with van der Waals surface area (Å²) in [5.41, 5.74) is 0. The Morgan fingerprint density at radius 1 is 0.606 bits per heavy atom. The van der Waals surface area contributed by atoms with Crippen molar-refractivity contribution in [1.29, 1.82) is 0 Å². The van der Waals surface area contributed by atoms with Crippen LogP contribution in [0.2, 0.25) is 0 Å². The molecule has 0 aromatic heterocycles. The van der Waals surface area contributed by atoms with Gasteiger partial charge in [0.15, 0.2) is 0 Å². The smallest absolute Gasteiger partial charge is 0.310 e. The first-order chi connectivity index (χ1) is 16.0. The third-order valence-electron chi connectivity index (χ3n) is 7.82. The van der Waals surface area contributed by atoms with Crippen molar-refractivity contribution < 1.29 is 28.6 Å². The number of fused-ring (bicyclic) bond motifs is 6. The van der Waals surface area contributed by atoms with Crippen molar-refractivity contribution in [3.05, 3.63) is 0 Å². The molecule has 0 N–H and O–H groups in total. The molecule has 0 spiro atoms. The Hall–Kier alpha value is -1.71. The molecule has 4 heterocycles. The van der Waals surface area contributed by atoms with Crippen LogP contribution in [0.3, 0.4) is 0 Å². The van der Waals surface area contributed by atoms with Crippen molar-refractivity contribution in [3.63, 3.8) is 0 Å². The summed E-state index contributed by atoms with van der Waals surface area (Å²) in [6.07, 6.45) is 5.11. The van der Waals surface area contributed by atoms with E-state index in [0.717, 1.165) is 45.2 Å². The minimum Gasteiger partial charge on any atom is -0.466 e. The second-order valence-corrected chi connectivity index (χ2v) is 9.59. The van der Waals surface area contributed by atoms with Crippen LogP contribution in [-0.4, -0.2) is 90.6 Å². The molecule has 4 saturated heterocycles. The highest BCUT2D eigenvalue weighted by atomic mass is 16.5. The Balaban J connectivity index is 1.56. The first-order valence-electron chi connectivity index (χ1n) is 12.8. The van der Waals surface area contributed by atoms with Gasteiger partial charge in [0.05, 0.1) is 56.1 Å². The zero-order chi connectivity index (χ0) is 23.5. The predicted molar refractivity (Wildman–Crippen MR) is 120 cm³/mol. The molecule has 6 atom stereocenters. The second kappa shape index (κ2) is 10.7. The molecule has 33 heavy (non-hydrogen) atoms. The fourth-order valence-electron chi connectivity index (χ4n) is 6.33. The summed E-state index contributed by atoms with van der Waals surface area (Å²) in [7, 11) is 0. The van der Waals surface area contributed by atoms with Crippen molar-refractivity contribution in [2.75, 3.05) is 39.5 Å². The van der Waals surface area contributed by atoms with Crippen LogP contribution in [0.1, 0.15) is 59.3 Å². The van der Waals surface area contributed by atoms with E-state index in [1.54, 1.807) is 0 Å². The molecule has 9 heteroatoms. The van der Waals surface area contributed by atoms with Crippen molar-refractivity contribution in [2.45, 2.75) is 77.8 Å². The number of hydrogen-bond donors (Lipinski definition) is 0. The first kappa shape index (κ1) is 24.4. The van der Waals surface area contributed by atoms with Crippen LogP contribution in [-0.2, 0) is 28.6 Å². The maximum Gasteiger partial charge on any atom is 0.310 e. The van der Waals surface area contributed by atoms with Gasteiger partial charge in [0.25, 0.3) is 0 Å². The van der Waals surface area contributed by atoms with Crippen LogP contribution >= 0.6 is 0 Å². The van der Waals surface area contributed by atoms with E-state index in [9.17, 15) is 14.4 Å². The molecular weight excluding hydrogens is 426 g/mol. The number of esters is 3. The van der Waals surface area contributed by atoms with E-state index in [2.05, 4.69) is 14.7 Å². The molecule has 4 aliphatic heterocycles. The predicted octanol–water partition coefficient (Wildman–Crippen LogP) is 1.80. The summed E-state index contributed by atoms with van der Waals surface area (Å²) in [5.74, 6) is -0.697. The van der Waals surface area contributed by atoms with Crippen LogP contribution in [0.4, 0.5) is 0 Å². The Kier molecular flexibility index (Phi) is 7.91. The molecule has 0 aliphatic carbocycles. The highest BCUT2D eigenvalue weighted by molar-refractivity contribution is 5.74. The zero-order valence-corrected chi connectivity index (χ0v) is 20.2. The lowest BCUT2D eigenvalue weighted by molar-refractivity contribution is -0.225. The van der Waals surface area contributed by atoms with Gasteiger partial charge in [-0.2, -0.15) is 0 Å². The average Bonchev–Trinajstić information content (AvgIpc) is 2.83. The summed E-state index contributed by atoms with van der Waals surface area (Å²) >= 11 is 0. The van der Waals surface area contributed by atoms with Gasteiger partial charge >= 0.3 is 17.9 Å². The van der Waals surface area contributed by atoms with Gasteiger partial charge in [-0.05, 0) is 59.3 Å². The molecule has 186 valence electrons. The number of carbonyl (C=O) groups excluding carboxylic acids is 3. The number of rotatable bonds is 6. The third kappa shape index (κ3) is 4.91. The number of ether oxygens (including phenoxy) is 3. The maximum absolute atomic E-state index is 12.6. The van der Waals surface area contributed by atoms with Crippen LogP contribution in [0.5, 0.6) is 0 Å². The average molecular weight is 466 g/mol. The van der Waals surface area contributed by atoms with E-state index in [1.165, 1.54) is 0 Å². The topological polar surface area (TPSA) is 88.6 Å². The van der Waals surface area contributed by atoms with E-state index < -0.39 is 0 Å². The SMILES string of the molecule is CCOC(=O)C1CCN2C(C1)N1CCC(C(=O)OCC)CC1N1CC(C(=O)OCC)CCC21. The summed E-state index contributed by atoms with van der Waals surface area (Å²) in [5, 5.41) is 0. The molecule has 4 fully saturated rings. The van der Waals surface area contributed by atoms with E-state index in [4.69, 9.17) is 14.2 Å². The van der Waals surface area contributed by atoms with Crippen LogP contribution < -0.4 is 0 Å². The molecule has 4 aliphatic rings. The largest absolute Gasteiger partial charge is 0.466 e. The van der Waals surface area contributed by atoms with Crippen molar-refractivity contribution in [1.82, 2.24) is 14.7 Å². The summed E-state index contributed by atoms with van der Waals surface area (Å²) in [4.78, 5) is 45.1. The molecule has 0 radical (unpaired) electrons.